The number of carbonyl (C=O) groups is 3. The van der Waals surface area contributed by atoms with Gasteiger partial charge in [-0.1, -0.05) is 54.6 Å². The van der Waals surface area contributed by atoms with E-state index in [0.29, 0.717) is 5.69 Å². The number of H-pyrrole nitrogens is 1. The summed E-state index contributed by atoms with van der Waals surface area (Å²) in [5.74, 6) is -0.686. The fourth-order valence-corrected chi connectivity index (χ4v) is 4.23. The molecule has 11 heteroatoms. The Kier molecular flexibility index (Phi) is 10.9. The standard InChI is InChI=1S/C33H37FN4O6/c1-33(2,3)44-31(40)35-15-16-42-21-27(37-32(41)43-20-22-7-5-4-6-8-22)19-36-30(39)29-18-25-10-9-24(17-28(25)38-29)23-11-13-26(34)14-12-23/h4-14,17-18,27,38H,15-16,19-21H2,1-3H3,(H,35,40)(H,36,39)(H,37,41)/t27-/m1/s1. The molecule has 0 bridgehead atoms. The third-order valence-corrected chi connectivity index (χ3v) is 6.32. The van der Waals surface area contributed by atoms with Crippen LogP contribution in [0.5, 0.6) is 0 Å². The second-order valence-corrected chi connectivity index (χ2v) is 11.1. The maximum Gasteiger partial charge on any atom is 0.407 e. The van der Waals surface area contributed by atoms with Crippen LogP contribution in [0.2, 0.25) is 0 Å². The van der Waals surface area contributed by atoms with Gasteiger partial charge in [-0.25, -0.2) is 14.0 Å². The van der Waals surface area contributed by atoms with Crippen molar-refractivity contribution < 1.29 is 33.0 Å². The monoisotopic (exact) mass is 604 g/mol. The molecular formula is C33H37FN4O6. The number of hydrogen-bond acceptors (Lipinski definition) is 6. The lowest BCUT2D eigenvalue weighted by Gasteiger charge is -2.20. The van der Waals surface area contributed by atoms with E-state index in [-0.39, 0.29) is 44.6 Å². The lowest BCUT2D eigenvalue weighted by molar-refractivity contribution is 0.0490. The lowest BCUT2D eigenvalue weighted by atomic mass is 10.0. The van der Waals surface area contributed by atoms with Gasteiger partial charge in [0.2, 0.25) is 0 Å². The van der Waals surface area contributed by atoms with Crippen molar-refractivity contribution in [1.82, 2.24) is 20.9 Å². The molecule has 0 saturated carbocycles. The van der Waals surface area contributed by atoms with E-state index in [4.69, 9.17) is 14.2 Å². The third-order valence-electron chi connectivity index (χ3n) is 6.32. The fourth-order valence-electron chi connectivity index (χ4n) is 4.23. The van der Waals surface area contributed by atoms with E-state index in [2.05, 4.69) is 20.9 Å². The van der Waals surface area contributed by atoms with Crippen LogP contribution in [-0.4, -0.2) is 61.0 Å². The van der Waals surface area contributed by atoms with Crippen LogP contribution in [0.25, 0.3) is 22.0 Å². The molecule has 1 aromatic heterocycles. The summed E-state index contributed by atoms with van der Waals surface area (Å²) in [6.45, 7) is 5.84. The highest BCUT2D eigenvalue weighted by Crippen LogP contribution is 2.25. The number of aromatic nitrogens is 1. The van der Waals surface area contributed by atoms with Crippen LogP contribution in [0.3, 0.4) is 0 Å². The van der Waals surface area contributed by atoms with Gasteiger partial charge in [0.1, 0.15) is 23.7 Å². The van der Waals surface area contributed by atoms with Gasteiger partial charge in [0.25, 0.3) is 5.91 Å². The van der Waals surface area contributed by atoms with E-state index in [9.17, 15) is 18.8 Å². The molecule has 0 aliphatic heterocycles. The van der Waals surface area contributed by atoms with Crippen molar-refractivity contribution in [2.24, 2.45) is 0 Å². The van der Waals surface area contributed by atoms with E-state index in [1.807, 2.05) is 48.5 Å². The highest BCUT2D eigenvalue weighted by molar-refractivity contribution is 5.98. The van der Waals surface area contributed by atoms with Gasteiger partial charge in [-0.15, -0.1) is 0 Å². The number of fused-ring (bicyclic) bond motifs is 1. The third kappa shape index (κ3) is 10.1. The first-order valence-electron chi connectivity index (χ1n) is 14.2. The zero-order valence-electron chi connectivity index (χ0n) is 24.9. The summed E-state index contributed by atoms with van der Waals surface area (Å²) in [5, 5.41) is 8.99. The molecule has 3 amide bonds. The zero-order valence-corrected chi connectivity index (χ0v) is 24.9. The van der Waals surface area contributed by atoms with Crippen LogP contribution in [-0.2, 0) is 20.8 Å². The number of hydrogen-bond donors (Lipinski definition) is 4. The van der Waals surface area contributed by atoms with E-state index in [0.717, 1.165) is 27.6 Å². The van der Waals surface area contributed by atoms with Crippen LogP contribution in [0.1, 0.15) is 36.8 Å². The number of benzene rings is 3. The molecule has 10 nitrogen and oxygen atoms in total. The molecule has 4 aromatic rings. The van der Waals surface area contributed by atoms with Gasteiger partial charge in [-0.2, -0.15) is 0 Å². The van der Waals surface area contributed by atoms with Crippen molar-refractivity contribution in [1.29, 1.82) is 0 Å². The van der Waals surface area contributed by atoms with Gasteiger partial charge in [-0.3, -0.25) is 4.79 Å². The van der Waals surface area contributed by atoms with Crippen molar-refractivity contribution in [3.05, 3.63) is 95.9 Å². The number of amides is 3. The second-order valence-electron chi connectivity index (χ2n) is 11.1. The van der Waals surface area contributed by atoms with Gasteiger partial charge in [0.15, 0.2) is 0 Å². The van der Waals surface area contributed by atoms with E-state index < -0.39 is 23.8 Å². The second kappa shape index (κ2) is 15.0. The summed E-state index contributed by atoms with van der Waals surface area (Å²) in [6, 6.07) is 22.2. The molecule has 0 spiro atoms. The van der Waals surface area contributed by atoms with Crippen LogP contribution in [0, 0.1) is 5.82 Å². The first-order chi connectivity index (χ1) is 21.1. The highest BCUT2D eigenvalue weighted by Gasteiger charge is 2.18. The highest BCUT2D eigenvalue weighted by atomic mass is 19.1. The first-order valence-corrected chi connectivity index (χ1v) is 14.2. The molecule has 1 heterocycles. The van der Waals surface area contributed by atoms with Crippen LogP contribution < -0.4 is 16.0 Å². The zero-order chi connectivity index (χ0) is 31.5. The summed E-state index contributed by atoms with van der Waals surface area (Å²) in [6.07, 6.45) is -1.22. The predicted molar refractivity (Wildman–Crippen MR) is 165 cm³/mol. The van der Waals surface area contributed by atoms with Crippen molar-refractivity contribution in [3.63, 3.8) is 0 Å². The number of carbonyl (C=O) groups excluding carboxylic acids is 3. The van der Waals surface area contributed by atoms with Crippen LogP contribution in [0.15, 0.2) is 78.9 Å². The van der Waals surface area contributed by atoms with Crippen molar-refractivity contribution in [3.8, 4) is 11.1 Å². The smallest absolute Gasteiger partial charge is 0.407 e. The maximum atomic E-state index is 13.3. The lowest BCUT2D eigenvalue weighted by Crippen LogP contribution is -2.47. The Hall–Kier alpha value is -4.90. The summed E-state index contributed by atoms with van der Waals surface area (Å²) < 4.78 is 29.5. The number of halogens is 1. The Balaban J connectivity index is 1.33. The number of alkyl carbamates (subject to hydrolysis) is 2. The Morgan fingerprint density at radius 2 is 1.61 bits per heavy atom. The van der Waals surface area contributed by atoms with Crippen LogP contribution >= 0.6 is 0 Å². The largest absolute Gasteiger partial charge is 0.445 e. The minimum absolute atomic E-state index is 0.0461. The van der Waals surface area contributed by atoms with E-state index in [1.54, 1.807) is 39.0 Å². The summed E-state index contributed by atoms with van der Waals surface area (Å²) in [5.41, 5.74) is 3.03. The maximum absolute atomic E-state index is 13.3. The topological polar surface area (TPSA) is 131 Å². The molecule has 4 N–H and O–H groups in total. The minimum Gasteiger partial charge on any atom is -0.445 e. The average molecular weight is 605 g/mol. The number of ether oxygens (including phenoxy) is 3. The van der Waals surface area contributed by atoms with Gasteiger partial charge in [0, 0.05) is 24.0 Å². The molecule has 0 aliphatic carbocycles. The number of aromatic amines is 1. The SMILES string of the molecule is CC(C)(C)OC(=O)NCCOC[C@@H](CNC(=O)c1cc2ccc(-c3ccc(F)cc3)cc2[nH]1)NC(=O)OCc1ccccc1. The molecule has 1 atom stereocenters. The number of rotatable bonds is 12. The van der Waals surface area contributed by atoms with E-state index >= 15 is 0 Å². The minimum atomic E-state index is -0.664. The van der Waals surface area contributed by atoms with Crippen molar-refractivity contribution in [2.45, 2.75) is 39.0 Å². The molecule has 0 unspecified atom stereocenters. The molecule has 232 valence electrons. The van der Waals surface area contributed by atoms with Gasteiger partial charge < -0.3 is 35.1 Å². The fraction of sp³-hybridized carbons (Fsp3) is 0.303. The molecule has 0 saturated heterocycles. The molecular weight excluding hydrogens is 567 g/mol. The Morgan fingerprint density at radius 1 is 0.886 bits per heavy atom. The Morgan fingerprint density at radius 3 is 2.34 bits per heavy atom. The Labute approximate surface area is 255 Å². The number of nitrogens with one attached hydrogen (secondary N) is 4. The molecule has 0 aliphatic rings. The van der Waals surface area contributed by atoms with Gasteiger partial charge in [0.05, 0.1) is 19.3 Å². The predicted octanol–water partition coefficient (Wildman–Crippen LogP) is 5.54. The van der Waals surface area contributed by atoms with E-state index in [1.165, 1.54) is 12.1 Å². The van der Waals surface area contributed by atoms with Gasteiger partial charge >= 0.3 is 12.2 Å². The van der Waals surface area contributed by atoms with Crippen LogP contribution in [0.4, 0.5) is 14.0 Å². The quantitative estimate of drug-likeness (QED) is 0.157. The average Bonchev–Trinajstić information content (AvgIpc) is 3.42. The van der Waals surface area contributed by atoms with Crippen molar-refractivity contribution in [2.75, 3.05) is 26.3 Å². The molecule has 44 heavy (non-hydrogen) atoms. The first kappa shape index (κ1) is 32.0. The summed E-state index contributed by atoms with van der Waals surface area (Å²) in [4.78, 5) is 40.5. The van der Waals surface area contributed by atoms with Gasteiger partial charge in [-0.05, 0) is 61.7 Å². The molecule has 0 fully saturated rings. The molecule has 4 rings (SSSR count). The molecule has 0 radical (unpaired) electrons. The summed E-state index contributed by atoms with van der Waals surface area (Å²) in [7, 11) is 0. The summed E-state index contributed by atoms with van der Waals surface area (Å²) >= 11 is 0. The Bertz CT molecular complexity index is 1550. The van der Waals surface area contributed by atoms with Crippen molar-refractivity contribution >= 4 is 29.0 Å². The normalized spacial score (nSPS) is 11.9. The molecule has 3 aromatic carbocycles.